The molecule has 0 radical (unpaired) electrons. The Morgan fingerprint density at radius 1 is 1.40 bits per heavy atom. The van der Waals surface area contributed by atoms with E-state index in [2.05, 4.69) is 10.3 Å². The summed E-state index contributed by atoms with van der Waals surface area (Å²) in [6.07, 6.45) is 1.49. The summed E-state index contributed by atoms with van der Waals surface area (Å²) < 4.78 is 27.1. The molecule has 0 spiro atoms. The maximum absolute atomic E-state index is 12.7. The fourth-order valence-corrected chi connectivity index (χ4v) is 6.37. The van der Waals surface area contributed by atoms with Crippen LogP contribution in [-0.4, -0.2) is 42.7 Å². The average molecular weight is 400 g/mol. The second-order valence-corrected chi connectivity index (χ2v) is 10.3. The maximum atomic E-state index is 12.7. The molecule has 6 nitrogen and oxygen atoms in total. The predicted molar refractivity (Wildman–Crippen MR) is 99.8 cm³/mol. The predicted octanol–water partition coefficient (Wildman–Crippen LogP) is 2.91. The Balaban J connectivity index is 1.70. The molecule has 3 rings (SSSR count). The van der Waals surface area contributed by atoms with Crippen LogP contribution in [0.2, 0.25) is 0 Å². The lowest BCUT2D eigenvalue weighted by Crippen LogP contribution is -2.49. The molecule has 1 amide bonds. The molecule has 2 aromatic rings. The highest BCUT2D eigenvalue weighted by Crippen LogP contribution is 2.26. The molecule has 0 saturated carbocycles. The van der Waals surface area contributed by atoms with Crippen LogP contribution in [0.5, 0.6) is 0 Å². The minimum atomic E-state index is -3.48. The highest BCUT2D eigenvalue weighted by molar-refractivity contribution is 7.91. The highest BCUT2D eigenvalue weighted by Gasteiger charge is 2.32. The third-order valence-corrected chi connectivity index (χ3v) is 8.51. The van der Waals surface area contributed by atoms with E-state index in [1.165, 1.54) is 27.0 Å². The molecule has 0 bridgehead atoms. The number of nitrogens with one attached hydrogen (secondary N) is 1. The Kier molecular flexibility index (Phi) is 5.57. The summed E-state index contributed by atoms with van der Waals surface area (Å²) >= 11 is 2.69. The molecule has 2 aromatic heterocycles. The molecule has 136 valence electrons. The lowest BCUT2D eigenvalue weighted by Gasteiger charge is -2.31. The van der Waals surface area contributed by atoms with Crippen molar-refractivity contribution in [3.05, 3.63) is 33.6 Å². The normalized spacial score (nSPS) is 19.2. The number of piperidine rings is 1. The number of hydrogen-bond donors (Lipinski definition) is 1. The number of aromatic nitrogens is 1. The lowest BCUT2D eigenvalue weighted by molar-refractivity contribution is 0.0915. The van der Waals surface area contributed by atoms with Crippen molar-refractivity contribution in [3.63, 3.8) is 0 Å². The first-order valence-electron chi connectivity index (χ1n) is 8.17. The minimum Gasteiger partial charge on any atom is -0.347 e. The van der Waals surface area contributed by atoms with Gasteiger partial charge in [-0.1, -0.05) is 19.9 Å². The summed E-state index contributed by atoms with van der Waals surface area (Å²) in [4.78, 5) is 17.7. The zero-order chi connectivity index (χ0) is 18.0. The van der Waals surface area contributed by atoms with Gasteiger partial charge in [-0.2, -0.15) is 4.31 Å². The van der Waals surface area contributed by atoms with E-state index in [0.717, 1.165) is 17.7 Å². The summed E-state index contributed by atoms with van der Waals surface area (Å²) in [5.74, 6) is 0.0145. The SMILES string of the molecule is CC(C)c1scnc1C(=O)N[C@@H]1CCCN(S(=O)(=O)c2cccs2)C1. The van der Waals surface area contributed by atoms with Crippen molar-refractivity contribution in [1.82, 2.24) is 14.6 Å². The molecule has 0 aromatic carbocycles. The van der Waals surface area contributed by atoms with E-state index >= 15 is 0 Å². The largest absolute Gasteiger partial charge is 0.347 e. The van der Waals surface area contributed by atoms with Crippen LogP contribution >= 0.6 is 22.7 Å². The number of amides is 1. The van der Waals surface area contributed by atoms with Gasteiger partial charge in [0.2, 0.25) is 0 Å². The van der Waals surface area contributed by atoms with Crippen molar-refractivity contribution in [2.24, 2.45) is 0 Å². The van der Waals surface area contributed by atoms with Gasteiger partial charge in [-0.15, -0.1) is 22.7 Å². The van der Waals surface area contributed by atoms with Crippen LogP contribution < -0.4 is 5.32 Å². The molecule has 25 heavy (non-hydrogen) atoms. The van der Waals surface area contributed by atoms with Crippen LogP contribution in [0.4, 0.5) is 0 Å². The van der Waals surface area contributed by atoms with E-state index in [1.807, 2.05) is 13.8 Å². The number of thiazole rings is 1. The van der Waals surface area contributed by atoms with Gasteiger partial charge in [-0.05, 0) is 30.2 Å². The molecule has 0 aliphatic carbocycles. The number of carbonyl (C=O) groups excluding carboxylic acids is 1. The van der Waals surface area contributed by atoms with E-state index < -0.39 is 10.0 Å². The van der Waals surface area contributed by atoms with Crippen molar-refractivity contribution < 1.29 is 13.2 Å². The standard InChI is InChI=1S/C16H21N3O3S3/c1-11(2)15-14(17-10-24-15)16(20)18-12-5-3-7-19(9-12)25(21,22)13-6-4-8-23-13/h4,6,8,10-12H,3,5,7,9H2,1-2H3,(H,18,20)/t12-/m1/s1. The lowest BCUT2D eigenvalue weighted by atomic mass is 10.1. The topological polar surface area (TPSA) is 79.4 Å². The number of sulfonamides is 1. The van der Waals surface area contributed by atoms with Gasteiger partial charge in [-0.3, -0.25) is 4.79 Å². The van der Waals surface area contributed by atoms with Gasteiger partial charge < -0.3 is 5.32 Å². The average Bonchev–Trinajstić information content (AvgIpc) is 3.27. The smallest absolute Gasteiger partial charge is 0.271 e. The summed E-state index contributed by atoms with van der Waals surface area (Å²) in [7, 11) is -3.48. The van der Waals surface area contributed by atoms with E-state index in [4.69, 9.17) is 0 Å². The zero-order valence-corrected chi connectivity index (χ0v) is 16.6. The Bertz CT molecular complexity index is 828. The highest BCUT2D eigenvalue weighted by atomic mass is 32.2. The first-order chi connectivity index (χ1) is 11.9. The molecular formula is C16H21N3O3S3. The van der Waals surface area contributed by atoms with Crippen LogP contribution in [0.15, 0.2) is 27.2 Å². The Morgan fingerprint density at radius 2 is 2.20 bits per heavy atom. The van der Waals surface area contributed by atoms with Crippen molar-refractivity contribution in [2.45, 2.75) is 42.9 Å². The Labute approximate surface area is 155 Å². The van der Waals surface area contributed by atoms with Crippen molar-refractivity contribution >= 4 is 38.6 Å². The third kappa shape index (κ3) is 3.94. The van der Waals surface area contributed by atoms with Gasteiger partial charge in [0.1, 0.15) is 9.90 Å². The molecule has 3 heterocycles. The summed E-state index contributed by atoms with van der Waals surface area (Å²) in [6, 6.07) is 3.15. The number of hydrogen-bond acceptors (Lipinski definition) is 6. The molecule has 1 fully saturated rings. The van der Waals surface area contributed by atoms with Crippen molar-refractivity contribution in [3.8, 4) is 0 Å². The second kappa shape index (κ2) is 7.53. The molecule has 1 N–H and O–H groups in total. The molecule has 9 heteroatoms. The van der Waals surface area contributed by atoms with E-state index in [1.54, 1.807) is 23.0 Å². The van der Waals surface area contributed by atoms with Gasteiger partial charge >= 0.3 is 0 Å². The van der Waals surface area contributed by atoms with Gasteiger partial charge in [0.25, 0.3) is 15.9 Å². The van der Waals surface area contributed by atoms with Gasteiger partial charge in [0.05, 0.1) is 5.51 Å². The second-order valence-electron chi connectivity index (χ2n) is 6.33. The minimum absolute atomic E-state index is 0.197. The molecule has 1 atom stereocenters. The monoisotopic (exact) mass is 399 g/mol. The van der Waals surface area contributed by atoms with Crippen LogP contribution in [0.1, 0.15) is 48.0 Å². The Hall–Kier alpha value is -1.29. The molecule has 1 aliphatic rings. The van der Waals surface area contributed by atoms with Gasteiger partial charge in [0.15, 0.2) is 0 Å². The van der Waals surface area contributed by atoms with Crippen LogP contribution in [0, 0.1) is 0 Å². The summed E-state index contributed by atoms with van der Waals surface area (Å²) in [5, 5.41) is 4.72. The maximum Gasteiger partial charge on any atom is 0.271 e. The first kappa shape index (κ1) is 18.5. The Morgan fingerprint density at radius 3 is 2.88 bits per heavy atom. The molecular weight excluding hydrogens is 378 g/mol. The van der Waals surface area contributed by atoms with Crippen LogP contribution in [-0.2, 0) is 10.0 Å². The van der Waals surface area contributed by atoms with Gasteiger partial charge in [0, 0.05) is 24.0 Å². The summed E-state index contributed by atoms with van der Waals surface area (Å²) in [6.45, 7) is 4.84. The number of nitrogens with zero attached hydrogens (tertiary/aromatic N) is 2. The number of carbonyl (C=O) groups is 1. The quantitative estimate of drug-likeness (QED) is 0.838. The number of thiophene rings is 1. The summed E-state index contributed by atoms with van der Waals surface area (Å²) in [5.41, 5.74) is 2.14. The fourth-order valence-electron chi connectivity index (χ4n) is 2.91. The fraction of sp³-hybridized carbons (Fsp3) is 0.500. The number of rotatable bonds is 5. The zero-order valence-electron chi connectivity index (χ0n) is 14.1. The molecule has 1 saturated heterocycles. The molecule has 0 unspecified atom stereocenters. The van der Waals surface area contributed by atoms with Gasteiger partial charge in [-0.25, -0.2) is 13.4 Å². The third-order valence-electron chi connectivity index (χ3n) is 4.14. The van der Waals surface area contributed by atoms with E-state index in [9.17, 15) is 13.2 Å². The van der Waals surface area contributed by atoms with Crippen molar-refractivity contribution in [1.29, 1.82) is 0 Å². The van der Waals surface area contributed by atoms with Crippen molar-refractivity contribution in [2.75, 3.05) is 13.1 Å². The van der Waals surface area contributed by atoms with Crippen LogP contribution in [0.3, 0.4) is 0 Å². The van der Waals surface area contributed by atoms with Crippen LogP contribution in [0.25, 0.3) is 0 Å². The van der Waals surface area contributed by atoms with E-state index in [0.29, 0.717) is 23.0 Å². The van der Waals surface area contributed by atoms with E-state index in [-0.39, 0.29) is 17.9 Å². The first-order valence-corrected chi connectivity index (χ1v) is 11.4. The molecule has 1 aliphatic heterocycles.